The summed E-state index contributed by atoms with van der Waals surface area (Å²) in [6, 6.07) is 12.9. The molecule has 0 aliphatic carbocycles. The number of rotatable bonds is 4. The number of anilines is 2. The van der Waals surface area contributed by atoms with E-state index < -0.39 is 5.97 Å². The van der Waals surface area contributed by atoms with E-state index in [9.17, 15) is 9.90 Å². The fourth-order valence-electron chi connectivity index (χ4n) is 2.04. The van der Waals surface area contributed by atoms with Crippen molar-refractivity contribution in [1.82, 2.24) is 0 Å². The van der Waals surface area contributed by atoms with E-state index in [0.29, 0.717) is 11.4 Å². The maximum absolute atomic E-state index is 11.2. The topological polar surface area (TPSA) is 75.3 Å². The van der Waals surface area contributed by atoms with Crippen molar-refractivity contribution < 1.29 is 9.90 Å². The van der Waals surface area contributed by atoms with Gasteiger partial charge in [-0.3, -0.25) is 0 Å². The third-order valence-electron chi connectivity index (χ3n) is 3.22. The standard InChI is InChI=1S/C16H18N2O2/c1-10-3-5-12(6-4-10)11(2)18-15-9-13(17)7-8-14(15)16(19)20/h3-9,11,18H,17H2,1-2H3,(H,19,20). The van der Waals surface area contributed by atoms with Gasteiger partial charge in [0.05, 0.1) is 11.3 Å². The summed E-state index contributed by atoms with van der Waals surface area (Å²) in [7, 11) is 0. The van der Waals surface area contributed by atoms with Crippen LogP contribution in [0.2, 0.25) is 0 Å². The van der Waals surface area contributed by atoms with Crippen LogP contribution in [0.4, 0.5) is 11.4 Å². The molecule has 0 heterocycles. The van der Waals surface area contributed by atoms with Gasteiger partial charge in [-0.1, -0.05) is 29.8 Å². The number of carboxylic acid groups (broad SMARTS) is 1. The minimum absolute atomic E-state index is 0.00417. The molecule has 1 unspecified atom stereocenters. The van der Waals surface area contributed by atoms with Gasteiger partial charge in [-0.15, -0.1) is 0 Å². The Balaban J connectivity index is 2.27. The van der Waals surface area contributed by atoms with Crippen LogP contribution in [0.5, 0.6) is 0 Å². The maximum Gasteiger partial charge on any atom is 0.337 e. The van der Waals surface area contributed by atoms with Gasteiger partial charge in [0.1, 0.15) is 0 Å². The van der Waals surface area contributed by atoms with Gasteiger partial charge in [0.2, 0.25) is 0 Å². The molecule has 0 fully saturated rings. The highest BCUT2D eigenvalue weighted by atomic mass is 16.4. The minimum Gasteiger partial charge on any atom is -0.478 e. The van der Waals surface area contributed by atoms with Gasteiger partial charge >= 0.3 is 5.97 Å². The second-order valence-electron chi connectivity index (χ2n) is 4.89. The number of benzene rings is 2. The van der Waals surface area contributed by atoms with Gasteiger partial charge in [0.15, 0.2) is 0 Å². The summed E-state index contributed by atoms with van der Waals surface area (Å²) >= 11 is 0. The predicted octanol–water partition coefficient (Wildman–Crippen LogP) is 3.45. The first-order valence-electron chi connectivity index (χ1n) is 6.43. The molecule has 4 N–H and O–H groups in total. The summed E-state index contributed by atoms with van der Waals surface area (Å²) in [6.45, 7) is 4.02. The van der Waals surface area contributed by atoms with Crippen molar-refractivity contribution >= 4 is 17.3 Å². The zero-order valence-corrected chi connectivity index (χ0v) is 11.6. The number of nitrogens with two attached hydrogens (primary N) is 1. The van der Waals surface area contributed by atoms with Gasteiger partial charge in [0.25, 0.3) is 0 Å². The van der Waals surface area contributed by atoms with Crippen molar-refractivity contribution in [3.05, 3.63) is 59.2 Å². The molecule has 0 saturated carbocycles. The van der Waals surface area contributed by atoms with E-state index in [2.05, 4.69) is 5.32 Å². The first kappa shape index (κ1) is 13.9. The van der Waals surface area contributed by atoms with Crippen LogP contribution in [-0.2, 0) is 0 Å². The molecule has 1 atom stereocenters. The molecule has 4 nitrogen and oxygen atoms in total. The van der Waals surface area contributed by atoms with Crippen LogP contribution in [0.25, 0.3) is 0 Å². The number of nitrogens with one attached hydrogen (secondary N) is 1. The fourth-order valence-corrected chi connectivity index (χ4v) is 2.04. The van der Waals surface area contributed by atoms with Gasteiger partial charge in [-0.2, -0.15) is 0 Å². The minimum atomic E-state index is -0.969. The van der Waals surface area contributed by atoms with Gasteiger partial charge in [-0.25, -0.2) is 4.79 Å². The Bertz CT molecular complexity index is 621. The Morgan fingerprint density at radius 1 is 1.20 bits per heavy atom. The number of carbonyl (C=O) groups is 1. The molecule has 0 aromatic heterocycles. The van der Waals surface area contributed by atoms with Crippen molar-refractivity contribution in [2.45, 2.75) is 19.9 Å². The quantitative estimate of drug-likeness (QED) is 0.744. The van der Waals surface area contributed by atoms with Crippen molar-refractivity contribution in [3.8, 4) is 0 Å². The number of aryl methyl sites for hydroxylation is 1. The Morgan fingerprint density at radius 2 is 1.85 bits per heavy atom. The first-order valence-corrected chi connectivity index (χ1v) is 6.43. The second kappa shape index (κ2) is 5.65. The Hall–Kier alpha value is -2.49. The number of carboxylic acids is 1. The van der Waals surface area contributed by atoms with Crippen molar-refractivity contribution in [1.29, 1.82) is 0 Å². The lowest BCUT2D eigenvalue weighted by Crippen LogP contribution is -2.11. The second-order valence-corrected chi connectivity index (χ2v) is 4.89. The van der Waals surface area contributed by atoms with Crippen molar-refractivity contribution in [2.24, 2.45) is 0 Å². The Labute approximate surface area is 118 Å². The monoisotopic (exact) mass is 270 g/mol. The molecule has 0 radical (unpaired) electrons. The van der Waals surface area contributed by atoms with E-state index >= 15 is 0 Å². The van der Waals surface area contributed by atoms with Crippen LogP contribution < -0.4 is 11.1 Å². The van der Waals surface area contributed by atoms with Gasteiger partial charge in [0, 0.05) is 11.7 Å². The van der Waals surface area contributed by atoms with Crippen molar-refractivity contribution in [3.63, 3.8) is 0 Å². The lowest BCUT2D eigenvalue weighted by molar-refractivity contribution is 0.0698. The third-order valence-corrected chi connectivity index (χ3v) is 3.22. The van der Waals surface area contributed by atoms with Crippen LogP contribution >= 0.6 is 0 Å². The van der Waals surface area contributed by atoms with E-state index in [1.165, 1.54) is 11.6 Å². The highest BCUT2D eigenvalue weighted by Crippen LogP contribution is 2.25. The predicted molar refractivity (Wildman–Crippen MR) is 81.0 cm³/mol. The van der Waals surface area contributed by atoms with Crippen LogP contribution in [0.3, 0.4) is 0 Å². The summed E-state index contributed by atoms with van der Waals surface area (Å²) in [6.07, 6.45) is 0. The van der Waals surface area contributed by atoms with Crippen LogP contribution in [0, 0.1) is 6.92 Å². The molecule has 0 amide bonds. The van der Waals surface area contributed by atoms with Crippen LogP contribution in [-0.4, -0.2) is 11.1 Å². The van der Waals surface area contributed by atoms with E-state index in [1.807, 2.05) is 38.1 Å². The molecular weight excluding hydrogens is 252 g/mol. The lowest BCUT2D eigenvalue weighted by Gasteiger charge is -2.18. The van der Waals surface area contributed by atoms with Gasteiger partial charge < -0.3 is 16.2 Å². The highest BCUT2D eigenvalue weighted by Gasteiger charge is 2.13. The lowest BCUT2D eigenvalue weighted by atomic mass is 10.1. The molecule has 2 aromatic carbocycles. The average Bonchev–Trinajstić information content (AvgIpc) is 2.39. The first-order chi connectivity index (χ1) is 9.47. The summed E-state index contributed by atoms with van der Waals surface area (Å²) in [4.78, 5) is 11.2. The smallest absolute Gasteiger partial charge is 0.337 e. The van der Waals surface area contributed by atoms with E-state index in [4.69, 9.17) is 5.73 Å². The Kier molecular flexibility index (Phi) is 3.94. The zero-order valence-electron chi connectivity index (χ0n) is 11.6. The maximum atomic E-state index is 11.2. The van der Waals surface area contributed by atoms with Crippen LogP contribution in [0.15, 0.2) is 42.5 Å². The molecule has 0 aliphatic rings. The summed E-state index contributed by atoms with van der Waals surface area (Å²) in [5.41, 5.74) is 9.30. The molecule has 2 aromatic rings. The molecular formula is C16H18N2O2. The van der Waals surface area contributed by atoms with Gasteiger partial charge in [-0.05, 0) is 37.6 Å². The molecule has 0 saturated heterocycles. The van der Waals surface area contributed by atoms with Crippen molar-refractivity contribution in [2.75, 3.05) is 11.1 Å². The van der Waals surface area contributed by atoms with E-state index in [-0.39, 0.29) is 11.6 Å². The summed E-state index contributed by atoms with van der Waals surface area (Å²) in [5.74, 6) is -0.969. The number of hydrogen-bond acceptors (Lipinski definition) is 3. The molecule has 20 heavy (non-hydrogen) atoms. The Morgan fingerprint density at radius 3 is 2.45 bits per heavy atom. The molecule has 0 aliphatic heterocycles. The molecule has 4 heteroatoms. The van der Waals surface area contributed by atoms with E-state index in [1.54, 1.807) is 12.1 Å². The molecule has 0 bridgehead atoms. The summed E-state index contributed by atoms with van der Waals surface area (Å²) in [5, 5.41) is 12.4. The fraction of sp³-hybridized carbons (Fsp3) is 0.188. The number of aromatic carboxylic acids is 1. The number of nitrogen functional groups attached to an aromatic ring is 1. The largest absolute Gasteiger partial charge is 0.478 e. The number of hydrogen-bond donors (Lipinski definition) is 3. The molecule has 104 valence electrons. The highest BCUT2D eigenvalue weighted by molar-refractivity contribution is 5.95. The molecule has 0 spiro atoms. The van der Waals surface area contributed by atoms with E-state index in [0.717, 1.165) is 5.56 Å². The molecule has 2 rings (SSSR count). The zero-order chi connectivity index (χ0) is 14.7. The SMILES string of the molecule is Cc1ccc(C(C)Nc2cc(N)ccc2C(=O)O)cc1. The average molecular weight is 270 g/mol. The third kappa shape index (κ3) is 3.09. The summed E-state index contributed by atoms with van der Waals surface area (Å²) < 4.78 is 0. The van der Waals surface area contributed by atoms with Crippen LogP contribution in [0.1, 0.15) is 34.5 Å². The normalized spacial score (nSPS) is 11.9.